The van der Waals surface area contributed by atoms with Crippen LogP contribution in [0.15, 0.2) is 18.2 Å². The molecule has 1 aromatic carbocycles. The van der Waals surface area contributed by atoms with E-state index in [4.69, 9.17) is 0 Å². The Morgan fingerprint density at radius 1 is 1.43 bits per heavy atom. The van der Waals surface area contributed by atoms with Crippen LogP contribution in [0.2, 0.25) is 0 Å². The summed E-state index contributed by atoms with van der Waals surface area (Å²) in [6, 6.07) is 4.46. The molecule has 1 aliphatic rings. The van der Waals surface area contributed by atoms with Crippen LogP contribution in [0.1, 0.15) is 22.3 Å². The predicted molar refractivity (Wildman–Crippen MR) is 51.7 cm³/mol. The molecule has 14 heavy (non-hydrogen) atoms. The highest BCUT2D eigenvalue weighted by molar-refractivity contribution is 5.95. The molecule has 0 spiro atoms. The van der Waals surface area contributed by atoms with Crippen molar-refractivity contribution in [3.63, 3.8) is 0 Å². The zero-order valence-corrected chi connectivity index (χ0v) is 8.09. The van der Waals surface area contributed by atoms with Gasteiger partial charge in [-0.25, -0.2) is 4.39 Å². The van der Waals surface area contributed by atoms with E-state index in [1.807, 2.05) is 0 Å². The van der Waals surface area contributed by atoms with Gasteiger partial charge in [-0.05, 0) is 30.5 Å². The summed E-state index contributed by atoms with van der Waals surface area (Å²) in [5.74, 6) is -0.413. The first-order valence-electron chi connectivity index (χ1n) is 4.72. The van der Waals surface area contributed by atoms with Crippen molar-refractivity contribution in [3.05, 3.63) is 35.1 Å². The Morgan fingerprint density at radius 2 is 2.21 bits per heavy atom. The number of carbonyl (C=O) groups excluding carboxylic acids is 1. The van der Waals surface area contributed by atoms with Crippen LogP contribution in [-0.4, -0.2) is 24.4 Å². The normalized spacial score (nSPS) is 16.4. The van der Waals surface area contributed by atoms with E-state index in [1.54, 1.807) is 18.0 Å². The topological polar surface area (TPSA) is 20.3 Å². The van der Waals surface area contributed by atoms with Crippen molar-refractivity contribution in [2.75, 3.05) is 13.6 Å². The molecule has 0 unspecified atom stereocenters. The van der Waals surface area contributed by atoms with Crippen molar-refractivity contribution >= 4 is 5.91 Å². The Morgan fingerprint density at radius 3 is 3.00 bits per heavy atom. The average Bonchev–Trinajstić information content (AvgIpc) is 2.30. The van der Waals surface area contributed by atoms with Crippen LogP contribution in [0.5, 0.6) is 0 Å². The van der Waals surface area contributed by atoms with Gasteiger partial charge in [0.25, 0.3) is 5.91 Å². The highest BCUT2D eigenvalue weighted by Crippen LogP contribution is 2.18. The number of halogens is 1. The second-order valence-electron chi connectivity index (χ2n) is 3.63. The third kappa shape index (κ3) is 1.50. The fraction of sp³-hybridized carbons (Fsp3) is 0.364. The van der Waals surface area contributed by atoms with Crippen molar-refractivity contribution < 1.29 is 9.18 Å². The van der Waals surface area contributed by atoms with Gasteiger partial charge in [-0.3, -0.25) is 4.79 Å². The zero-order valence-electron chi connectivity index (χ0n) is 8.09. The Kier molecular flexibility index (Phi) is 2.23. The quantitative estimate of drug-likeness (QED) is 0.615. The summed E-state index contributed by atoms with van der Waals surface area (Å²) >= 11 is 0. The van der Waals surface area contributed by atoms with E-state index in [-0.39, 0.29) is 11.7 Å². The number of hydrogen-bond acceptors (Lipinski definition) is 1. The number of carbonyl (C=O) groups is 1. The maximum absolute atomic E-state index is 13.0. The van der Waals surface area contributed by atoms with E-state index in [1.165, 1.54) is 12.1 Å². The highest BCUT2D eigenvalue weighted by atomic mass is 19.1. The lowest BCUT2D eigenvalue weighted by Gasteiger charge is -2.13. The number of hydrogen-bond donors (Lipinski definition) is 0. The lowest BCUT2D eigenvalue weighted by molar-refractivity contribution is 0.0799. The lowest BCUT2D eigenvalue weighted by Crippen LogP contribution is -2.26. The second-order valence-corrected chi connectivity index (χ2v) is 3.63. The smallest absolute Gasteiger partial charge is 0.253 e. The molecular weight excluding hydrogens is 181 g/mol. The third-order valence-electron chi connectivity index (χ3n) is 2.59. The molecule has 1 amide bonds. The molecule has 0 saturated heterocycles. The Bertz CT molecular complexity index is 376. The molecule has 0 atom stereocenters. The van der Waals surface area contributed by atoms with Gasteiger partial charge in [0.15, 0.2) is 0 Å². The fourth-order valence-corrected chi connectivity index (χ4v) is 1.78. The van der Waals surface area contributed by atoms with Crippen LogP contribution in [0.3, 0.4) is 0 Å². The first-order chi connectivity index (χ1) is 6.68. The fourth-order valence-electron chi connectivity index (χ4n) is 1.78. The van der Waals surface area contributed by atoms with Crippen molar-refractivity contribution in [2.24, 2.45) is 0 Å². The lowest BCUT2D eigenvalue weighted by atomic mass is 10.0. The van der Waals surface area contributed by atoms with Gasteiger partial charge in [0.2, 0.25) is 0 Å². The van der Waals surface area contributed by atoms with E-state index >= 15 is 0 Å². The van der Waals surface area contributed by atoms with Crippen LogP contribution in [0, 0.1) is 5.82 Å². The first-order valence-corrected chi connectivity index (χ1v) is 4.72. The van der Waals surface area contributed by atoms with E-state index in [2.05, 4.69) is 0 Å². The van der Waals surface area contributed by atoms with E-state index in [9.17, 15) is 9.18 Å². The summed E-state index contributed by atoms with van der Waals surface area (Å²) in [7, 11) is 1.75. The van der Waals surface area contributed by atoms with Gasteiger partial charge in [0.1, 0.15) is 5.82 Å². The van der Waals surface area contributed by atoms with Gasteiger partial charge in [0, 0.05) is 19.2 Å². The van der Waals surface area contributed by atoms with E-state index in [0.29, 0.717) is 5.56 Å². The molecule has 0 saturated carbocycles. The monoisotopic (exact) mass is 193 g/mol. The molecule has 1 heterocycles. The van der Waals surface area contributed by atoms with Crippen LogP contribution >= 0.6 is 0 Å². The summed E-state index contributed by atoms with van der Waals surface area (Å²) < 4.78 is 13.0. The van der Waals surface area contributed by atoms with Gasteiger partial charge in [-0.15, -0.1) is 0 Å². The van der Waals surface area contributed by atoms with Gasteiger partial charge in [0.05, 0.1) is 0 Å². The van der Waals surface area contributed by atoms with Crippen LogP contribution < -0.4 is 0 Å². The zero-order chi connectivity index (χ0) is 10.1. The maximum Gasteiger partial charge on any atom is 0.253 e. The number of nitrogens with zero attached hydrogens (tertiary/aromatic N) is 1. The van der Waals surface area contributed by atoms with Gasteiger partial charge >= 0.3 is 0 Å². The molecule has 2 nitrogen and oxygen atoms in total. The molecule has 0 bridgehead atoms. The van der Waals surface area contributed by atoms with Crippen LogP contribution in [0.4, 0.5) is 4.39 Å². The SMILES string of the molecule is CN1CCCc2ccc(F)cc2C1=O. The summed E-state index contributed by atoms with van der Waals surface area (Å²) in [6.45, 7) is 0.745. The van der Waals surface area contributed by atoms with Crippen molar-refractivity contribution in [2.45, 2.75) is 12.8 Å². The first kappa shape index (κ1) is 9.19. The van der Waals surface area contributed by atoms with Crippen molar-refractivity contribution in [1.82, 2.24) is 4.90 Å². The number of aryl methyl sites for hydroxylation is 1. The van der Waals surface area contributed by atoms with Gasteiger partial charge in [-0.1, -0.05) is 6.07 Å². The van der Waals surface area contributed by atoms with Crippen molar-refractivity contribution in [3.8, 4) is 0 Å². The number of benzene rings is 1. The largest absolute Gasteiger partial charge is 0.342 e. The minimum absolute atomic E-state index is 0.0722. The summed E-state index contributed by atoms with van der Waals surface area (Å²) in [4.78, 5) is 13.4. The Balaban J connectivity index is 2.50. The highest BCUT2D eigenvalue weighted by Gasteiger charge is 2.19. The summed E-state index contributed by atoms with van der Waals surface area (Å²) in [6.07, 6.45) is 1.80. The molecule has 3 heteroatoms. The Hall–Kier alpha value is -1.38. The maximum atomic E-state index is 13.0. The molecule has 0 N–H and O–H groups in total. The molecule has 0 aromatic heterocycles. The summed E-state index contributed by atoms with van der Waals surface area (Å²) in [5, 5.41) is 0. The molecule has 2 rings (SSSR count). The molecule has 0 fully saturated rings. The second kappa shape index (κ2) is 3.40. The summed E-state index contributed by atoms with van der Waals surface area (Å²) in [5.41, 5.74) is 1.48. The van der Waals surface area contributed by atoms with Gasteiger partial charge < -0.3 is 4.90 Å². The van der Waals surface area contributed by atoms with Gasteiger partial charge in [-0.2, -0.15) is 0 Å². The standard InChI is InChI=1S/C11H12FNO/c1-13-6-2-3-8-4-5-9(12)7-10(8)11(13)14/h4-5,7H,2-3,6H2,1H3. The predicted octanol–water partition coefficient (Wildman–Crippen LogP) is 1.84. The molecule has 1 aromatic rings. The van der Waals surface area contributed by atoms with Crippen molar-refractivity contribution in [1.29, 1.82) is 0 Å². The van der Waals surface area contributed by atoms with E-state index < -0.39 is 0 Å². The molecule has 0 aliphatic carbocycles. The minimum atomic E-state index is -0.340. The molecule has 0 radical (unpaired) electrons. The van der Waals surface area contributed by atoms with Crippen LogP contribution in [0.25, 0.3) is 0 Å². The number of rotatable bonds is 0. The molecular formula is C11H12FNO. The number of amides is 1. The Labute approximate surface area is 82.3 Å². The third-order valence-corrected chi connectivity index (χ3v) is 2.59. The molecule has 1 aliphatic heterocycles. The van der Waals surface area contributed by atoms with Crippen LogP contribution in [-0.2, 0) is 6.42 Å². The number of fused-ring (bicyclic) bond motifs is 1. The average molecular weight is 193 g/mol. The molecule has 74 valence electrons. The minimum Gasteiger partial charge on any atom is -0.342 e. The van der Waals surface area contributed by atoms with E-state index in [0.717, 1.165) is 24.9 Å².